The lowest BCUT2D eigenvalue weighted by Gasteiger charge is -2.25. The molecule has 0 aromatic carbocycles. The number of thioether (sulfide) groups is 1. The van der Waals surface area contributed by atoms with Gasteiger partial charge in [0.25, 0.3) is 0 Å². The van der Waals surface area contributed by atoms with Gasteiger partial charge in [0.15, 0.2) is 0 Å². The minimum atomic E-state index is -0.542. The predicted molar refractivity (Wildman–Crippen MR) is 67.5 cm³/mol. The van der Waals surface area contributed by atoms with E-state index >= 15 is 0 Å². The summed E-state index contributed by atoms with van der Waals surface area (Å²) in [6.07, 6.45) is 4.26. The number of nitrogens with two attached hydrogens (primary N) is 1. The van der Waals surface area contributed by atoms with Gasteiger partial charge in [0.1, 0.15) is 0 Å². The van der Waals surface area contributed by atoms with Gasteiger partial charge in [-0.25, -0.2) is 0 Å². The van der Waals surface area contributed by atoms with E-state index in [0.717, 1.165) is 25.1 Å². The highest BCUT2D eigenvalue weighted by Crippen LogP contribution is 2.26. The predicted octanol–water partition coefficient (Wildman–Crippen LogP) is 0.610. The zero-order valence-electron chi connectivity index (χ0n) is 10.1. The largest absolute Gasteiger partial charge is 0.379 e. The Morgan fingerprint density at radius 3 is 2.94 bits per heavy atom. The van der Waals surface area contributed by atoms with Crippen molar-refractivity contribution in [2.24, 2.45) is 11.1 Å². The fourth-order valence-corrected chi connectivity index (χ4v) is 2.19. The molecular weight excluding hydrogens is 224 g/mol. The Hall–Kier alpha value is -0.260. The summed E-state index contributed by atoms with van der Waals surface area (Å²) < 4.78 is 5.25. The van der Waals surface area contributed by atoms with Crippen molar-refractivity contribution in [3.05, 3.63) is 0 Å². The first-order valence-corrected chi connectivity index (χ1v) is 7.11. The Labute approximate surface area is 102 Å². The van der Waals surface area contributed by atoms with Gasteiger partial charge >= 0.3 is 0 Å². The molecule has 4 nitrogen and oxygen atoms in total. The van der Waals surface area contributed by atoms with Crippen LogP contribution in [-0.4, -0.2) is 43.7 Å². The van der Waals surface area contributed by atoms with Crippen LogP contribution < -0.4 is 11.1 Å². The van der Waals surface area contributed by atoms with Crippen LogP contribution in [0.25, 0.3) is 0 Å². The number of hydrogen-bond donors (Lipinski definition) is 2. The average molecular weight is 246 g/mol. The molecule has 1 aliphatic heterocycles. The number of ether oxygens (including phenoxy) is 1. The summed E-state index contributed by atoms with van der Waals surface area (Å²) in [5, 5.41) is 2.95. The van der Waals surface area contributed by atoms with Gasteiger partial charge in [-0.1, -0.05) is 0 Å². The van der Waals surface area contributed by atoms with Gasteiger partial charge in [0.05, 0.1) is 18.6 Å². The lowest BCUT2D eigenvalue weighted by molar-refractivity contribution is -0.130. The molecule has 1 aliphatic rings. The van der Waals surface area contributed by atoms with Crippen molar-refractivity contribution in [2.75, 3.05) is 31.8 Å². The molecular formula is C11H22N2O2S. The van der Waals surface area contributed by atoms with E-state index in [1.807, 2.05) is 18.7 Å². The lowest BCUT2D eigenvalue weighted by Crippen LogP contribution is -2.50. The van der Waals surface area contributed by atoms with Crippen LogP contribution in [0.5, 0.6) is 0 Å². The van der Waals surface area contributed by atoms with Gasteiger partial charge in [-0.3, -0.25) is 4.79 Å². The number of amides is 1. The second-order valence-corrected chi connectivity index (χ2v) is 5.48. The van der Waals surface area contributed by atoms with Crippen molar-refractivity contribution in [1.82, 2.24) is 5.32 Å². The summed E-state index contributed by atoms with van der Waals surface area (Å²) in [4.78, 5) is 11.9. The Kier molecular flexibility index (Phi) is 5.58. The summed E-state index contributed by atoms with van der Waals surface area (Å²) in [5.41, 5.74) is 5.33. The van der Waals surface area contributed by atoms with Crippen LogP contribution in [0.1, 0.15) is 19.8 Å². The molecule has 0 aromatic rings. The van der Waals surface area contributed by atoms with Crippen molar-refractivity contribution in [1.29, 1.82) is 0 Å². The number of unbranched alkanes of at least 4 members (excludes halogenated alkanes) is 1. The topological polar surface area (TPSA) is 64.3 Å². The van der Waals surface area contributed by atoms with Crippen molar-refractivity contribution in [3.8, 4) is 0 Å². The molecule has 2 unspecified atom stereocenters. The molecule has 0 saturated carbocycles. The highest BCUT2D eigenvalue weighted by molar-refractivity contribution is 7.98. The standard InChI is InChI=1S/C11H22N2O2S/c1-11(8-15-7-9(11)12)10(14)13-5-3-4-6-16-2/h9H,3-8,12H2,1-2H3,(H,13,14). The van der Waals surface area contributed by atoms with E-state index in [0.29, 0.717) is 13.2 Å². The van der Waals surface area contributed by atoms with E-state index in [-0.39, 0.29) is 11.9 Å². The lowest BCUT2D eigenvalue weighted by atomic mass is 9.85. The SMILES string of the molecule is CSCCCCNC(=O)C1(C)COCC1N. The third-order valence-electron chi connectivity index (χ3n) is 3.10. The van der Waals surface area contributed by atoms with E-state index in [1.165, 1.54) is 0 Å². The fraction of sp³-hybridized carbons (Fsp3) is 0.909. The Morgan fingerprint density at radius 1 is 1.62 bits per heavy atom. The van der Waals surface area contributed by atoms with Gasteiger partial charge in [-0.15, -0.1) is 0 Å². The molecule has 1 heterocycles. The molecule has 94 valence electrons. The first kappa shape index (κ1) is 13.8. The van der Waals surface area contributed by atoms with Gasteiger partial charge in [-0.05, 0) is 31.8 Å². The van der Waals surface area contributed by atoms with Gasteiger partial charge in [0.2, 0.25) is 5.91 Å². The highest BCUT2D eigenvalue weighted by Gasteiger charge is 2.43. The normalized spacial score (nSPS) is 29.3. The number of carbonyl (C=O) groups excluding carboxylic acids is 1. The third kappa shape index (κ3) is 3.37. The van der Waals surface area contributed by atoms with E-state index in [1.54, 1.807) is 0 Å². The molecule has 1 fully saturated rings. The molecule has 1 amide bonds. The van der Waals surface area contributed by atoms with Crippen LogP contribution in [-0.2, 0) is 9.53 Å². The van der Waals surface area contributed by atoms with Crippen molar-refractivity contribution < 1.29 is 9.53 Å². The van der Waals surface area contributed by atoms with E-state index in [4.69, 9.17) is 10.5 Å². The molecule has 0 aliphatic carbocycles. The fourth-order valence-electron chi connectivity index (χ4n) is 1.70. The average Bonchev–Trinajstić information content (AvgIpc) is 2.60. The smallest absolute Gasteiger partial charge is 0.229 e. The first-order chi connectivity index (χ1) is 7.61. The Bertz CT molecular complexity index is 238. The number of nitrogens with one attached hydrogen (secondary N) is 1. The van der Waals surface area contributed by atoms with Crippen LogP contribution in [0.4, 0.5) is 0 Å². The van der Waals surface area contributed by atoms with E-state index in [9.17, 15) is 4.79 Å². The number of hydrogen-bond acceptors (Lipinski definition) is 4. The maximum absolute atomic E-state index is 11.9. The van der Waals surface area contributed by atoms with Gasteiger partial charge < -0.3 is 15.8 Å². The Morgan fingerprint density at radius 2 is 2.38 bits per heavy atom. The monoisotopic (exact) mass is 246 g/mol. The molecule has 5 heteroatoms. The van der Waals surface area contributed by atoms with E-state index in [2.05, 4.69) is 11.6 Å². The highest BCUT2D eigenvalue weighted by atomic mass is 32.2. The third-order valence-corrected chi connectivity index (χ3v) is 3.79. The van der Waals surface area contributed by atoms with Gasteiger partial charge in [0, 0.05) is 12.6 Å². The second-order valence-electron chi connectivity index (χ2n) is 4.49. The zero-order chi connectivity index (χ0) is 12.0. The minimum Gasteiger partial charge on any atom is -0.379 e. The van der Waals surface area contributed by atoms with Crippen LogP contribution in [0.15, 0.2) is 0 Å². The molecule has 0 spiro atoms. The molecule has 0 radical (unpaired) electrons. The molecule has 1 rings (SSSR count). The summed E-state index contributed by atoms with van der Waals surface area (Å²) in [6.45, 7) is 3.53. The van der Waals surface area contributed by atoms with Crippen molar-refractivity contribution in [3.63, 3.8) is 0 Å². The van der Waals surface area contributed by atoms with Crippen LogP contribution in [0, 0.1) is 5.41 Å². The quantitative estimate of drug-likeness (QED) is 0.674. The minimum absolute atomic E-state index is 0.0293. The maximum atomic E-state index is 11.9. The molecule has 0 aromatic heterocycles. The van der Waals surface area contributed by atoms with E-state index < -0.39 is 5.41 Å². The second kappa shape index (κ2) is 6.47. The summed E-state index contributed by atoms with van der Waals surface area (Å²) in [7, 11) is 0. The summed E-state index contributed by atoms with van der Waals surface area (Å²) in [5.74, 6) is 1.18. The van der Waals surface area contributed by atoms with Crippen molar-refractivity contribution in [2.45, 2.75) is 25.8 Å². The first-order valence-electron chi connectivity index (χ1n) is 5.72. The summed E-state index contributed by atoms with van der Waals surface area (Å²) in [6, 6.07) is -0.182. The molecule has 1 saturated heterocycles. The van der Waals surface area contributed by atoms with Crippen molar-refractivity contribution >= 4 is 17.7 Å². The number of carbonyl (C=O) groups is 1. The zero-order valence-corrected chi connectivity index (χ0v) is 10.9. The molecule has 3 N–H and O–H groups in total. The number of rotatable bonds is 6. The molecule has 16 heavy (non-hydrogen) atoms. The molecule has 0 bridgehead atoms. The van der Waals surface area contributed by atoms with Gasteiger partial charge in [-0.2, -0.15) is 11.8 Å². The van der Waals surface area contributed by atoms with Crippen LogP contribution in [0.2, 0.25) is 0 Å². The van der Waals surface area contributed by atoms with Crippen LogP contribution >= 0.6 is 11.8 Å². The molecule has 2 atom stereocenters. The maximum Gasteiger partial charge on any atom is 0.229 e. The Balaban J connectivity index is 2.24. The summed E-state index contributed by atoms with van der Waals surface area (Å²) >= 11 is 1.83. The van der Waals surface area contributed by atoms with Crippen LogP contribution in [0.3, 0.4) is 0 Å².